The Hall–Kier alpha value is -1.41. The molecule has 1 aromatic carbocycles. The number of H-pyrrole nitrogens is 1. The van der Waals surface area contributed by atoms with Gasteiger partial charge in [-0.05, 0) is 29.4 Å². The van der Waals surface area contributed by atoms with E-state index in [1.807, 2.05) is 0 Å². The van der Waals surface area contributed by atoms with Gasteiger partial charge in [0.1, 0.15) is 0 Å². The van der Waals surface area contributed by atoms with Gasteiger partial charge >= 0.3 is 0 Å². The lowest BCUT2D eigenvalue weighted by Crippen LogP contribution is -1.74. The average molecular weight is 215 g/mol. The topological polar surface area (TPSA) is 15.8 Å². The number of nitrogens with one attached hydrogen (secondary N) is 1. The predicted octanol–water partition coefficient (Wildman–Crippen LogP) is 3.88. The smallest absolute Gasteiger partial charge is 0.0467 e. The van der Waals surface area contributed by atoms with Crippen molar-refractivity contribution in [2.45, 2.75) is 11.8 Å². The number of fused-ring (bicyclic) bond motifs is 1. The highest BCUT2D eigenvalue weighted by Gasteiger charge is 2.09. The normalized spacial score (nSPS) is 16.7. The lowest BCUT2D eigenvalue weighted by atomic mass is 10.2. The van der Waals surface area contributed by atoms with E-state index >= 15 is 0 Å². The fraction of sp³-hybridized carbons (Fsp3) is 0.0769. The number of hydrogen-bond acceptors (Lipinski definition) is 0. The van der Waals surface area contributed by atoms with Gasteiger partial charge in [-0.2, -0.15) is 10.9 Å². The van der Waals surface area contributed by atoms with Gasteiger partial charge in [0.2, 0.25) is 0 Å². The third-order valence-corrected chi connectivity index (χ3v) is 4.61. The Balaban J connectivity index is 2.20. The quantitative estimate of drug-likeness (QED) is 0.672. The third kappa shape index (κ3) is 1.41. The van der Waals surface area contributed by atoms with Crippen LogP contribution in [0, 0.1) is 6.92 Å². The van der Waals surface area contributed by atoms with Crippen LogP contribution in [0.4, 0.5) is 0 Å². The highest BCUT2D eigenvalue weighted by Crippen LogP contribution is 2.45. The number of aryl methyl sites for hydroxylation is 1. The van der Waals surface area contributed by atoms with E-state index in [2.05, 4.69) is 59.3 Å². The minimum absolute atomic E-state index is 0.205. The maximum absolute atomic E-state index is 3.35. The lowest BCUT2D eigenvalue weighted by Gasteiger charge is -2.07. The summed E-state index contributed by atoms with van der Waals surface area (Å²) in [5, 5.41) is 5.94. The molecule has 2 heterocycles. The summed E-state index contributed by atoms with van der Waals surface area (Å²) >= 11 is 0. The molecule has 1 N–H and O–H groups in total. The van der Waals surface area contributed by atoms with Crippen LogP contribution in [0.2, 0.25) is 0 Å². The number of allylic oxidation sites excluding steroid dienone is 2. The van der Waals surface area contributed by atoms with E-state index in [1.165, 1.54) is 21.4 Å². The first-order valence-electron chi connectivity index (χ1n) is 5.06. The van der Waals surface area contributed by atoms with Crippen molar-refractivity contribution in [1.82, 2.24) is 4.98 Å². The van der Waals surface area contributed by atoms with Crippen molar-refractivity contribution in [3.05, 3.63) is 52.9 Å². The molecule has 0 aliphatic carbocycles. The Kier molecular flexibility index (Phi) is 1.96. The molecule has 1 aliphatic rings. The Labute approximate surface area is 91.9 Å². The molecule has 3 rings (SSSR count). The van der Waals surface area contributed by atoms with Crippen LogP contribution in [0.5, 0.6) is 0 Å². The van der Waals surface area contributed by atoms with E-state index in [4.69, 9.17) is 0 Å². The van der Waals surface area contributed by atoms with Gasteiger partial charge in [-0.15, -0.1) is 0 Å². The largest absolute Gasteiger partial charge is 0.360 e. The van der Waals surface area contributed by atoms with Crippen LogP contribution in [0.15, 0.2) is 52.3 Å². The zero-order valence-corrected chi connectivity index (χ0v) is 9.46. The molecule has 1 aliphatic heterocycles. The fourth-order valence-electron chi connectivity index (χ4n) is 1.93. The molecule has 2 aromatic rings. The van der Waals surface area contributed by atoms with Gasteiger partial charge in [0.15, 0.2) is 0 Å². The molecular weight excluding hydrogens is 202 g/mol. The van der Waals surface area contributed by atoms with Gasteiger partial charge < -0.3 is 4.98 Å². The summed E-state index contributed by atoms with van der Waals surface area (Å²) in [7, 11) is -0.205. The Morgan fingerprint density at radius 3 is 2.73 bits per heavy atom. The van der Waals surface area contributed by atoms with Gasteiger partial charge in [0, 0.05) is 22.0 Å². The van der Waals surface area contributed by atoms with Crippen molar-refractivity contribution in [3.63, 3.8) is 0 Å². The van der Waals surface area contributed by atoms with Crippen LogP contribution in [-0.2, 0) is 0 Å². The molecule has 0 amide bonds. The fourth-order valence-corrected chi connectivity index (χ4v) is 3.61. The lowest BCUT2D eigenvalue weighted by molar-refractivity contribution is 1.41. The molecule has 1 nitrogen and oxygen atoms in total. The van der Waals surface area contributed by atoms with E-state index in [-0.39, 0.29) is 10.9 Å². The third-order valence-electron chi connectivity index (χ3n) is 2.70. The van der Waals surface area contributed by atoms with Crippen LogP contribution < -0.4 is 0 Å². The average Bonchev–Trinajstić information content (AvgIpc) is 2.82. The summed E-state index contributed by atoms with van der Waals surface area (Å²) in [5.74, 6) is 0. The molecule has 0 saturated heterocycles. The van der Waals surface area contributed by atoms with Gasteiger partial charge in [-0.1, -0.05) is 24.3 Å². The van der Waals surface area contributed by atoms with Gasteiger partial charge in [-0.3, -0.25) is 0 Å². The number of rotatable bonds is 1. The van der Waals surface area contributed by atoms with Crippen molar-refractivity contribution < 1.29 is 0 Å². The molecule has 0 spiro atoms. The standard InChI is InChI=1S/C13H13NS/c1-10-4-5-11-12(8-10)14-9-13(11)15-6-2-3-7-15/h2-9,14-15H,1H3. The summed E-state index contributed by atoms with van der Waals surface area (Å²) in [6.07, 6.45) is 6.42. The maximum Gasteiger partial charge on any atom is 0.0467 e. The minimum atomic E-state index is -0.205. The van der Waals surface area contributed by atoms with Crippen molar-refractivity contribution in [3.8, 4) is 0 Å². The van der Waals surface area contributed by atoms with Crippen molar-refractivity contribution in [2.75, 3.05) is 0 Å². The number of aromatic nitrogens is 1. The highest BCUT2D eigenvalue weighted by atomic mass is 32.2. The number of hydrogen-bond donors (Lipinski definition) is 2. The van der Waals surface area contributed by atoms with Crippen LogP contribution in [-0.4, -0.2) is 4.98 Å². The Bertz CT molecular complexity index is 551. The number of benzene rings is 1. The van der Waals surface area contributed by atoms with Crippen molar-refractivity contribution in [1.29, 1.82) is 0 Å². The minimum Gasteiger partial charge on any atom is -0.360 e. The molecule has 1 aromatic heterocycles. The van der Waals surface area contributed by atoms with Crippen LogP contribution in [0.3, 0.4) is 0 Å². The number of aromatic amines is 1. The first kappa shape index (κ1) is 8.86. The first-order chi connectivity index (χ1) is 7.34. The number of thiol groups is 1. The van der Waals surface area contributed by atoms with E-state index in [9.17, 15) is 0 Å². The van der Waals surface area contributed by atoms with Gasteiger partial charge in [0.05, 0.1) is 0 Å². The molecule has 0 fully saturated rings. The van der Waals surface area contributed by atoms with Crippen LogP contribution in [0.1, 0.15) is 5.56 Å². The van der Waals surface area contributed by atoms with Crippen molar-refractivity contribution in [2.24, 2.45) is 0 Å². The molecule has 0 radical (unpaired) electrons. The second-order valence-corrected chi connectivity index (χ2v) is 5.71. The molecule has 0 unspecified atom stereocenters. The molecule has 0 atom stereocenters. The molecule has 76 valence electrons. The molecule has 0 bridgehead atoms. The van der Waals surface area contributed by atoms with Gasteiger partial charge in [0.25, 0.3) is 0 Å². The zero-order valence-electron chi connectivity index (χ0n) is 8.57. The molecular formula is C13H13NS. The SMILES string of the molecule is Cc1ccc2c([SH]3C=CC=C3)c[nH]c2c1. The van der Waals surface area contributed by atoms with E-state index in [1.54, 1.807) is 0 Å². The Morgan fingerprint density at radius 2 is 1.93 bits per heavy atom. The molecule has 0 saturated carbocycles. The first-order valence-corrected chi connectivity index (χ1v) is 6.54. The maximum atomic E-state index is 3.35. The van der Waals surface area contributed by atoms with Crippen molar-refractivity contribution >= 4 is 21.8 Å². The van der Waals surface area contributed by atoms with E-state index in [0.29, 0.717) is 0 Å². The highest BCUT2D eigenvalue weighted by molar-refractivity contribution is 8.22. The van der Waals surface area contributed by atoms with Gasteiger partial charge in [-0.25, -0.2) is 0 Å². The summed E-state index contributed by atoms with van der Waals surface area (Å²) < 4.78 is 0. The zero-order chi connectivity index (χ0) is 10.3. The summed E-state index contributed by atoms with van der Waals surface area (Å²) in [4.78, 5) is 4.79. The predicted molar refractivity (Wildman–Crippen MR) is 68.6 cm³/mol. The second kappa shape index (κ2) is 3.31. The summed E-state index contributed by atoms with van der Waals surface area (Å²) in [6.45, 7) is 2.13. The molecule has 2 heteroatoms. The van der Waals surface area contributed by atoms with E-state index in [0.717, 1.165) is 0 Å². The molecule has 15 heavy (non-hydrogen) atoms. The van der Waals surface area contributed by atoms with E-state index < -0.39 is 0 Å². The van der Waals surface area contributed by atoms with Crippen LogP contribution in [0.25, 0.3) is 10.9 Å². The Morgan fingerprint density at radius 1 is 1.13 bits per heavy atom. The summed E-state index contributed by atoms with van der Waals surface area (Å²) in [6, 6.07) is 6.61. The van der Waals surface area contributed by atoms with Crippen LogP contribution >= 0.6 is 10.9 Å². The monoisotopic (exact) mass is 215 g/mol. The summed E-state index contributed by atoms with van der Waals surface area (Å²) in [5.41, 5.74) is 2.56. The second-order valence-electron chi connectivity index (χ2n) is 3.81.